The minimum absolute atomic E-state index is 0.467. The fourth-order valence-electron chi connectivity index (χ4n) is 1.72. The molecule has 0 unspecified atom stereocenters. The zero-order valence-electron chi connectivity index (χ0n) is 9.59. The van der Waals surface area contributed by atoms with Crippen LogP contribution in [0.5, 0.6) is 0 Å². The van der Waals surface area contributed by atoms with Crippen LogP contribution in [0.25, 0.3) is 0 Å². The Hall–Kier alpha value is -0.990. The molecular formula is C11H23N3. The van der Waals surface area contributed by atoms with E-state index in [2.05, 4.69) is 18.8 Å². The molecule has 0 aromatic carbocycles. The van der Waals surface area contributed by atoms with Crippen molar-refractivity contribution in [3.05, 3.63) is 11.4 Å². The predicted octanol–water partition coefficient (Wildman–Crippen LogP) is 2.38. The molecule has 14 heavy (non-hydrogen) atoms. The third-order valence-corrected chi connectivity index (χ3v) is 2.28. The number of rotatable bonds is 6. The van der Waals surface area contributed by atoms with Crippen molar-refractivity contribution in [2.75, 3.05) is 0 Å². The molecular weight excluding hydrogens is 174 g/mol. The Bertz CT molecular complexity index is 197. The van der Waals surface area contributed by atoms with Crippen LogP contribution >= 0.6 is 0 Å². The van der Waals surface area contributed by atoms with E-state index in [1.165, 1.54) is 6.34 Å². The van der Waals surface area contributed by atoms with E-state index in [-0.39, 0.29) is 0 Å². The van der Waals surface area contributed by atoms with Crippen LogP contribution in [0.3, 0.4) is 0 Å². The third-order valence-electron chi connectivity index (χ3n) is 2.28. The Morgan fingerprint density at radius 1 is 1.29 bits per heavy atom. The molecule has 0 aliphatic rings. The Balaban J connectivity index is 4.65. The van der Waals surface area contributed by atoms with Gasteiger partial charge in [0.2, 0.25) is 0 Å². The second-order valence-corrected chi connectivity index (χ2v) is 3.62. The lowest BCUT2D eigenvalue weighted by Gasteiger charge is -2.16. The lowest BCUT2D eigenvalue weighted by molar-refractivity contribution is 0.496. The van der Waals surface area contributed by atoms with Gasteiger partial charge >= 0.3 is 0 Å². The molecule has 0 rings (SSSR count). The lowest BCUT2D eigenvalue weighted by atomic mass is 9.94. The van der Waals surface area contributed by atoms with Crippen molar-refractivity contribution in [2.24, 2.45) is 22.4 Å². The van der Waals surface area contributed by atoms with Crippen molar-refractivity contribution in [1.82, 2.24) is 0 Å². The summed E-state index contributed by atoms with van der Waals surface area (Å²) >= 11 is 0. The van der Waals surface area contributed by atoms with Gasteiger partial charge in [-0.05, 0) is 19.8 Å². The summed E-state index contributed by atoms with van der Waals surface area (Å²) in [5.41, 5.74) is 12.9. The molecule has 4 N–H and O–H groups in total. The molecule has 0 atom stereocenters. The maximum atomic E-state index is 5.79. The monoisotopic (exact) mass is 197 g/mol. The van der Waals surface area contributed by atoms with E-state index in [0.29, 0.717) is 5.92 Å². The van der Waals surface area contributed by atoms with Crippen molar-refractivity contribution in [1.29, 1.82) is 0 Å². The second-order valence-electron chi connectivity index (χ2n) is 3.62. The average molecular weight is 197 g/mol. The molecule has 0 bridgehead atoms. The first-order valence-corrected chi connectivity index (χ1v) is 5.37. The van der Waals surface area contributed by atoms with Gasteiger partial charge in [-0.2, -0.15) is 0 Å². The lowest BCUT2D eigenvalue weighted by Crippen LogP contribution is -2.10. The largest absolute Gasteiger partial charge is 0.401 e. The molecule has 3 heteroatoms. The highest BCUT2D eigenvalue weighted by Crippen LogP contribution is 2.24. The molecule has 0 aliphatic carbocycles. The van der Waals surface area contributed by atoms with E-state index in [1.807, 2.05) is 6.92 Å². The van der Waals surface area contributed by atoms with Crippen LogP contribution in [-0.2, 0) is 0 Å². The van der Waals surface area contributed by atoms with Crippen LogP contribution in [0.4, 0.5) is 0 Å². The first kappa shape index (κ1) is 13.0. The van der Waals surface area contributed by atoms with Crippen molar-refractivity contribution in [3.63, 3.8) is 0 Å². The van der Waals surface area contributed by atoms with Crippen LogP contribution in [0.1, 0.15) is 46.5 Å². The Morgan fingerprint density at radius 3 is 2.07 bits per heavy atom. The molecule has 0 saturated carbocycles. The van der Waals surface area contributed by atoms with Crippen LogP contribution in [0, 0.1) is 5.92 Å². The van der Waals surface area contributed by atoms with E-state index >= 15 is 0 Å². The topological polar surface area (TPSA) is 64.4 Å². The molecule has 0 heterocycles. The van der Waals surface area contributed by atoms with Gasteiger partial charge in [-0.25, -0.2) is 4.99 Å². The number of aliphatic imine (C=N–C) groups is 1. The van der Waals surface area contributed by atoms with Gasteiger partial charge in [0.25, 0.3) is 0 Å². The molecule has 0 saturated heterocycles. The van der Waals surface area contributed by atoms with Crippen LogP contribution in [-0.4, -0.2) is 6.34 Å². The smallest absolute Gasteiger partial charge is 0.0857 e. The quantitative estimate of drug-likeness (QED) is 0.507. The van der Waals surface area contributed by atoms with Crippen LogP contribution in [0.2, 0.25) is 0 Å². The molecule has 0 aromatic heterocycles. The van der Waals surface area contributed by atoms with Gasteiger partial charge in [-0.1, -0.05) is 26.7 Å². The summed E-state index contributed by atoms with van der Waals surface area (Å²) in [7, 11) is 0. The maximum Gasteiger partial charge on any atom is 0.0857 e. The SMILES string of the molecule is CCCC(CCC)C(/N=C\N)=C(\C)N. The van der Waals surface area contributed by atoms with Gasteiger partial charge < -0.3 is 11.5 Å². The highest BCUT2D eigenvalue weighted by Gasteiger charge is 2.13. The fourth-order valence-corrected chi connectivity index (χ4v) is 1.72. The van der Waals surface area contributed by atoms with Crippen molar-refractivity contribution in [3.8, 4) is 0 Å². The summed E-state index contributed by atoms with van der Waals surface area (Å²) in [5, 5.41) is 0. The van der Waals surface area contributed by atoms with Gasteiger partial charge in [0.15, 0.2) is 0 Å². The van der Waals surface area contributed by atoms with E-state index in [9.17, 15) is 0 Å². The Labute approximate surface area is 87.3 Å². The number of hydrogen-bond donors (Lipinski definition) is 2. The van der Waals surface area contributed by atoms with Crippen molar-refractivity contribution in [2.45, 2.75) is 46.5 Å². The van der Waals surface area contributed by atoms with Gasteiger partial charge in [-0.3, -0.25) is 0 Å². The second kappa shape index (κ2) is 7.42. The summed E-state index contributed by atoms with van der Waals surface area (Å²) in [4.78, 5) is 4.17. The molecule has 0 fully saturated rings. The number of allylic oxidation sites excluding steroid dienone is 2. The molecule has 0 aromatic rings. The highest BCUT2D eigenvalue weighted by atomic mass is 14.8. The van der Waals surface area contributed by atoms with Crippen molar-refractivity contribution >= 4 is 6.34 Å². The maximum absolute atomic E-state index is 5.79. The van der Waals surface area contributed by atoms with Gasteiger partial charge in [0.05, 0.1) is 12.0 Å². The van der Waals surface area contributed by atoms with E-state index in [0.717, 1.165) is 37.1 Å². The predicted molar refractivity (Wildman–Crippen MR) is 62.9 cm³/mol. The van der Waals surface area contributed by atoms with Gasteiger partial charge in [0.1, 0.15) is 0 Å². The first-order chi connectivity index (χ1) is 6.67. The van der Waals surface area contributed by atoms with Crippen molar-refractivity contribution < 1.29 is 0 Å². The Kier molecular flexibility index (Phi) is 6.89. The minimum Gasteiger partial charge on any atom is -0.401 e. The zero-order valence-corrected chi connectivity index (χ0v) is 9.59. The van der Waals surface area contributed by atoms with Crippen LogP contribution < -0.4 is 11.5 Å². The zero-order chi connectivity index (χ0) is 11.0. The van der Waals surface area contributed by atoms with E-state index in [4.69, 9.17) is 11.5 Å². The van der Waals surface area contributed by atoms with Gasteiger partial charge in [-0.15, -0.1) is 0 Å². The standard InChI is InChI=1S/C11H23N3/c1-4-6-10(7-5-2)11(9(3)13)14-8-12/h8,10H,4-7,13H2,1-3H3,(H2,12,14)/b11-9-. The Morgan fingerprint density at radius 2 is 1.79 bits per heavy atom. The minimum atomic E-state index is 0.467. The molecule has 0 aliphatic heterocycles. The molecule has 0 radical (unpaired) electrons. The van der Waals surface area contributed by atoms with E-state index < -0.39 is 0 Å². The van der Waals surface area contributed by atoms with Crippen LogP contribution in [0.15, 0.2) is 16.4 Å². The number of hydrogen-bond acceptors (Lipinski definition) is 2. The van der Waals surface area contributed by atoms with E-state index in [1.54, 1.807) is 0 Å². The summed E-state index contributed by atoms with van der Waals surface area (Å²) in [6, 6.07) is 0. The molecule has 82 valence electrons. The summed E-state index contributed by atoms with van der Waals surface area (Å²) in [6.45, 7) is 6.25. The average Bonchev–Trinajstić information content (AvgIpc) is 2.13. The molecule has 0 amide bonds. The number of nitrogens with two attached hydrogens (primary N) is 2. The summed E-state index contributed by atoms with van der Waals surface area (Å²) in [5.74, 6) is 0.467. The normalized spacial score (nSPS) is 13.7. The molecule has 0 spiro atoms. The molecule has 3 nitrogen and oxygen atoms in total. The highest BCUT2D eigenvalue weighted by molar-refractivity contribution is 5.53. The first-order valence-electron chi connectivity index (χ1n) is 5.37. The number of nitrogens with zero attached hydrogens (tertiary/aromatic N) is 1. The summed E-state index contributed by atoms with van der Waals surface area (Å²) < 4.78 is 0. The third kappa shape index (κ3) is 4.30. The van der Waals surface area contributed by atoms with Gasteiger partial charge in [0, 0.05) is 11.6 Å². The fraction of sp³-hybridized carbons (Fsp3) is 0.727. The summed E-state index contributed by atoms with van der Waals surface area (Å²) in [6.07, 6.45) is 5.91.